The van der Waals surface area contributed by atoms with Crippen LogP contribution < -0.4 is 10.4 Å². The van der Waals surface area contributed by atoms with Crippen molar-refractivity contribution in [3.63, 3.8) is 0 Å². The Labute approximate surface area is 189 Å². The monoisotopic (exact) mass is 461 g/mol. The van der Waals surface area contributed by atoms with Crippen molar-refractivity contribution in [3.05, 3.63) is 75.2 Å². The molecule has 0 unspecified atom stereocenters. The van der Waals surface area contributed by atoms with Crippen molar-refractivity contribution in [2.24, 2.45) is 0 Å². The Bertz CT molecular complexity index is 1160. The van der Waals surface area contributed by atoms with Gasteiger partial charge in [-0.1, -0.05) is 18.2 Å². The maximum Gasteiger partial charge on any atom is 0.277 e. The molecule has 3 rings (SSSR count). The number of aryl methyl sites for hydroxylation is 1. The number of Topliss-reactive ketones (excluding diaryl/α,β-unsaturated/α-hetero) is 1. The number of rotatable bonds is 9. The van der Waals surface area contributed by atoms with Crippen LogP contribution in [0.1, 0.15) is 39.8 Å². The summed E-state index contributed by atoms with van der Waals surface area (Å²) < 4.78 is 33.3. The van der Waals surface area contributed by atoms with Crippen molar-refractivity contribution in [1.82, 2.24) is 9.58 Å². The van der Waals surface area contributed by atoms with Crippen molar-refractivity contribution >= 4 is 11.7 Å². The van der Waals surface area contributed by atoms with E-state index in [0.29, 0.717) is 6.54 Å². The molecular formula is C23H25F2N3O5. The first-order chi connectivity index (χ1) is 15.6. The standard InChI is InChI=1S/C23H25F2N3O5/c1-14(2)11-27-13-26(8-9-33-3)23(32)20-22(31)21(30)17(12-28(20)27)19(29)7-5-15-4-6-16(24)10-18(15)25/h4,6,10,12,31H,1,5,7-9,11,13H2,2-3H3. The van der Waals surface area contributed by atoms with Gasteiger partial charge in [-0.3, -0.25) is 24.1 Å². The van der Waals surface area contributed by atoms with Gasteiger partial charge in [0.1, 0.15) is 18.3 Å². The number of aromatic hydroxyl groups is 1. The number of methoxy groups -OCH3 is 1. The van der Waals surface area contributed by atoms with Crippen molar-refractivity contribution in [3.8, 4) is 5.75 Å². The number of ether oxygens (including phenoxy) is 1. The normalized spacial score (nSPS) is 13.3. The average molecular weight is 461 g/mol. The van der Waals surface area contributed by atoms with Gasteiger partial charge in [0.2, 0.25) is 5.43 Å². The highest BCUT2D eigenvalue weighted by molar-refractivity contribution is 6.00. The SMILES string of the molecule is C=C(C)CN1CN(CCOC)C(=O)c2c(O)c(=O)c(C(=O)CCc3ccc(F)cc3F)cn21. The maximum absolute atomic E-state index is 13.9. The molecule has 33 heavy (non-hydrogen) atoms. The van der Waals surface area contributed by atoms with Crippen molar-refractivity contribution < 1.29 is 28.2 Å². The lowest BCUT2D eigenvalue weighted by Gasteiger charge is -2.39. The second-order valence-corrected chi connectivity index (χ2v) is 7.90. The van der Waals surface area contributed by atoms with Crippen LogP contribution in [0.25, 0.3) is 0 Å². The number of hydrogen-bond acceptors (Lipinski definition) is 6. The highest BCUT2D eigenvalue weighted by Crippen LogP contribution is 2.22. The van der Waals surface area contributed by atoms with Crippen LogP contribution in [0.4, 0.5) is 8.78 Å². The molecule has 0 spiro atoms. The third-order valence-electron chi connectivity index (χ3n) is 5.25. The average Bonchev–Trinajstić information content (AvgIpc) is 2.75. The quantitative estimate of drug-likeness (QED) is 0.455. The summed E-state index contributed by atoms with van der Waals surface area (Å²) in [6.45, 7) is 6.56. The van der Waals surface area contributed by atoms with E-state index in [0.717, 1.165) is 17.7 Å². The molecule has 0 saturated heterocycles. The van der Waals surface area contributed by atoms with Gasteiger partial charge < -0.3 is 14.7 Å². The highest BCUT2D eigenvalue weighted by atomic mass is 19.1. The summed E-state index contributed by atoms with van der Waals surface area (Å²) >= 11 is 0. The van der Waals surface area contributed by atoms with Gasteiger partial charge in [-0.15, -0.1) is 0 Å². The lowest BCUT2D eigenvalue weighted by molar-refractivity contribution is 0.0624. The molecule has 0 fully saturated rings. The minimum Gasteiger partial charge on any atom is -0.502 e. The van der Waals surface area contributed by atoms with Gasteiger partial charge in [0, 0.05) is 32.3 Å². The van der Waals surface area contributed by atoms with Crippen LogP contribution >= 0.6 is 0 Å². The smallest absolute Gasteiger partial charge is 0.277 e. The highest BCUT2D eigenvalue weighted by Gasteiger charge is 2.34. The van der Waals surface area contributed by atoms with Gasteiger partial charge in [0.25, 0.3) is 5.91 Å². The number of fused-ring (bicyclic) bond motifs is 1. The largest absolute Gasteiger partial charge is 0.502 e. The fraction of sp³-hybridized carbons (Fsp3) is 0.348. The Hall–Kier alpha value is -3.53. The lowest BCUT2D eigenvalue weighted by Crippen LogP contribution is -2.55. The van der Waals surface area contributed by atoms with Gasteiger partial charge in [0.05, 0.1) is 18.7 Å². The maximum atomic E-state index is 13.9. The zero-order chi connectivity index (χ0) is 24.3. The van der Waals surface area contributed by atoms with E-state index in [1.54, 1.807) is 11.9 Å². The van der Waals surface area contributed by atoms with Crippen molar-refractivity contribution in [2.75, 3.05) is 38.5 Å². The third-order valence-corrected chi connectivity index (χ3v) is 5.25. The summed E-state index contributed by atoms with van der Waals surface area (Å²) in [6, 6.07) is 3.03. The number of benzene rings is 1. The molecule has 0 aliphatic carbocycles. The van der Waals surface area contributed by atoms with Crippen molar-refractivity contribution in [1.29, 1.82) is 0 Å². The molecule has 1 amide bonds. The zero-order valence-corrected chi connectivity index (χ0v) is 18.4. The van der Waals surface area contributed by atoms with Crippen LogP contribution in [0.2, 0.25) is 0 Å². The van der Waals surface area contributed by atoms with Crippen molar-refractivity contribution in [2.45, 2.75) is 19.8 Å². The number of halogens is 2. The number of aromatic nitrogens is 1. The second kappa shape index (κ2) is 9.95. The molecule has 1 aromatic heterocycles. The van der Waals surface area contributed by atoms with E-state index >= 15 is 0 Å². The first kappa shape index (κ1) is 24.1. The Morgan fingerprint density at radius 2 is 2.00 bits per heavy atom. The van der Waals surface area contributed by atoms with Gasteiger partial charge >= 0.3 is 0 Å². The van der Waals surface area contributed by atoms with E-state index in [1.807, 2.05) is 0 Å². The first-order valence-electron chi connectivity index (χ1n) is 10.3. The Balaban J connectivity index is 1.96. The molecule has 0 bridgehead atoms. The van der Waals surface area contributed by atoms with E-state index in [1.165, 1.54) is 28.9 Å². The van der Waals surface area contributed by atoms with Gasteiger partial charge in [-0.25, -0.2) is 8.78 Å². The zero-order valence-electron chi connectivity index (χ0n) is 18.4. The number of amides is 1. The number of hydrogen-bond donors (Lipinski definition) is 1. The molecule has 10 heteroatoms. The van der Waals surface area contributed by atoms with Crippen LogP contribution in [-0.2, 0) is 11.2 Å². The minimum atomic E-state index is -0.983. The number of carbonyl (C=O) groups is 2. The number of carbonyl (C=O) groups excluding carboxylic acids is 2. The summed E-state index contributed by atoms with van der Waals surface area (Å²) in [5, 5.41) is 12.2. The predicted molar refractivity (Wildman–Crippen MR) is 117 cm³/mol. The van der Waals surface area contributed by atoms with Crippen LogP contribution in [0.3, 0.4) is 0 Å². The predicted octanol–water partition coefficient (Wildman–Crippen LogP) is 2.22. The van der Waals surface area contributed by atoms with Crippen LogP contribution in [-0.4, -0.2) is 59.8 Å². The fourth-order valence-corrected chi connectivity index (χ4v) is 3.61. The molecule has 8 nitrogen and oxygen atoms in total. The van der Waals surface area contributed by atoms with Crippen LogP contribution in [0.15, 0.2) is 41.3 Å². The molecule has 0 radical (unpaired) electrons. The van der Waals surface area contributed by atoms with E-state index < -0.39 is 34.5 Å². The third kappa shape index (κ3) is 5.11. The van der Waals surface area contributed by atoms with Crippen LogP contribution in [0.5, 0.6) is 5.75 Å². The summed E-state index contributed by atoms with van der Waals surface area (Å²) in [4.78, 5) is 39.9. The van der Waals surface area contributed by atoms with E-state index in [-0.39, 0.29) is 49.5 Å². The number of pyridine rings is 1. The Kier molecular flexibility index (Phi) is 7.27. The molecule has 2 aromatic rings. The van der Waals surface area contributed by atoms with Gasteiger partial charge in [0.15, 0.2) is 17.2 Å². The van der Waals surface area contributed by atoms with E-state index in [9.17, 15) is 28.3 Å². The molecular weight excluding hydrogens is 436 g/mol. The Morgan fingerprint density at radius 1 is 1.27 bits per heavy atom. The molecule has 1 aliphatic heterocycles. The van der Waals surface area contributed by atoms with Gasteiger partial charge in [-0.2, -0.15) is 0 Å². The lowest BCUT2D eigenvalue weighted by atomic mass is 10.0. The fourth-order valence-electron chi connectivity index (χ4n) is 3.61. The molecule has 0 atom stereocenters. The molecule has 2 heterocycles. The summed E-state index contributed by atoms with van der Waals surface area (Å²) in [5.74, 6) is -3.58. The first-order valence-corrected chi connectivity index (χ1v) is 10.3. The van der Waals surface area contributed by atoms with E-state index in [2.05, 4.69) is 6.58 Å². The Morgan fingerprint density at radius 3 is 2.64 bits per heavy atom. The molecule has 0 saturated carbocycles. The number of ketones is 1. The summed E-state index contributed by atoms with van der Waals surface area (Å²) in [6.07, 6.45) is 0.909. The van der Waals surface area contributed by atoms with Crippen LogP contribution in [0, 0.1) is 11.6 Å². The van der Waals surface area contributed by atoms with E-state index in [4.69, 9.17) is 4.74 Å². The molecule has 1 aliphatic rings. The molecule has 176 valence electrons. The topological polar surface area (TPSA) is 92.1 Å². The molecule has 1 N–H and O–H groups in total. The molecule has 1 aromatic carbocycles. The van der Waals surface area contributed by atoms with Gasteiger partial charge in [-0.05, 0) is 25.0 Å². The second-order valence-electron chi connectivity index (χ2n) is 7.90. The summed E-state index contributed by atoms with van der Waals surface area (Å²) in [5.41, 5.74) is -0.698. The number of nitrogens with zero attached hydrogens (tertiary/aromatic N) is 3. The summed E-state index contributed by atoms with van der Waals surface area (Å²) in [7, 11) is 1.49. The minimum absolute atomic E-state index is 0.0634.